The summed E-state index contributed by atoms with van der Waals surface area (Å²) in [6.07, 6.45) is -0.618. The largest absolute Gasteiger partial charge is 0.490 e. The van der Waals surface area contributed by atoms with E-state index in [0.717, 1.165) is 6.92 Å². The maximum atomic E-state index is 12.0. The standard InChI is InChI=1S/C13H20N5O14P3/c1-6(19)28-3-7-2-9(18-5-15-10-11(18)16-13(14)17-12(10)20)30-8(7)4-29-34(24,25)32-35(26,27)31-33(21,22)23/h5,7-9H,2-4H2,1H3,(H,24,25)(H,26,27)(H2,21,22,23)(H3,14,16,17,20)/t7-,8-,9-/m1/s1. The third-order valence-corrected chi connectivity index (χ3v) is 8.24. The molecule has 7 N–H and O–H groups in total. The maximum absolute atomic E-state index is 12.0. The molecule has 2 aromatic rings. The molecule has 0 amide bonds. The van der Waals surface area contributed by atoms with Crippen LogP contribution in [-0.2, 0) is 41.1 Å². The average Bonchev–Trinajstić information content (AvgIpc) is 3.25. The van der Waals surface area contributed by atoms with Crippen molar-refractivity contribution in [2.45, 2.75) is 25.7 Å². The van der Waals surface area contributed by atoms with Crippen molar-refractivity contribution < 1.29 is 60.7 Å². The fourth-order valence-corrected chi connectivity index (χ4v) is 6.19. The van der Waals surface area contributed by atoms with Gasteiger partial charge in [0.1, 0.15) is 6.23 Å². The average molecular weight is 563 g/mol. The Morgan fingerprint density at radius 3 is 2.54 bits per heavy atom. The quantitative estimate of drug-likeness (QED) is 0.157. The van der Waals surface area contributed by atoms with Crippen LogP contribution in [0.4, 0.5) is 5.95 Å². The van der Waals surface area contributed by atoms with E-state index >= 15 is 0 Å². The number of imidazole rings is 1. The molecular weight excluding hydrogens is 543 g/mol. The number of ether oxygens (including phenoxy) is 2. The molecule has 1 aliphatic rings. The molecule has 1 saturated heterocycles. The first kappa shape index (κ1) is 27.6. The lowest BCUT2D eigenvalue weighted by molar-refractivity contribution is -0.143. The summed E-state index contributed by atoms with van der Waals surface area (Å²) in [5.41, 5.74) is 4.98. The molecule has 19 nitrogen and oxygen atoms in total. The van der Waals surface area contributed by atoms with E-state index in [9.17, 15) is 33.1 Å². The number of H-pyrrole nitrogens is 1. The van der Waals surface area contributed by atoms with Crippen molar-refractivity contribution in [1.82, 2.24) is 19.5 Å². The predicted octanol–water partition coefficient (Wildman–Crippen LogP) is -0.488. The van der Waals surface area contributed by atoms with Crippen LogP contribution in [0.5, 0.6) is 0 Å². The molecular formula is C13H20N5O14P3. The number of phosphoric acid groups is 3. The molecule has 0 bridgehead atoms. The van der Waals surface area contributed by atoms with Crippen molar-refractivity contribution in [3.05, 3.63) is 16.7 Å². The van der Waals surface area contributed by atoms with Crippen molar-refractivity contribution in [1.29, 1.82) is 0 Å². The molecule has 3 rings (SSSR count). The fraction of sp³-hybridized carbons (Fsp3) is 0.538. The molecule has 3 heterocycles. The summed E-state index contributed by atoms with van der Waals surface area (Å²) < 4.78 is 58.3. The van der Waals surface area contributed by atoms with Crippen LogP contribution in [0.2, 0.25) is 0 Å². The summed E-state index contributed by atoms with van der Waals surface area (Å²) in [4.78, 5) is 69.6. The minimum absolute atomic E-state index is 0.0453. The summed E-state index contributed by atoms with van der Waals surface area (Å²) in [5, 5.41) is 0. The molecule has 5 atom stereocenters. The Bertz CT molecular complexity index is 1300. The van der Waals surface area contributed by atoms with Crippen LogP contribution in [0.25, 0.3) is 11.2 Å². The van der Waals surface area contributed by atoms with Crippen molar-refractivity contribution in [2.75, 3.05) is 18.9 Å². The van der Waals surface area contributed by atoms with E-state index in [2.05, 4.69) is 28.1 Å². The van der Waals surface area contributed by atoms with Gasteiger partial charge in [0.05, 0.1) is 25.6 Å². The second-order valence-corrected chi connectivity index (χ2v) is 11.5. The van der Waals surface area contributed by atoms with E-state index in [-0.39, 0.29) is 30.1 Å². The van der Waals surface area contributed by atoms with Gasteiger partial charge in [-0.25, -0.2) is 18.7 Å². The van der Waals surface area contributed by atoms with Gasteiger partial charge in [-0.3, -0.25) is 23.7 Å². The highest BCUT2D eigenvalue weighted by molar-refractivity contribution is 7.66. The molecule has 1 fully saturated rings. The molecule has 0 radical (unpaired) electrons. The number of carbonyl (C=O) groups excluding carboxylic acids is 1. The normalized spacial score (nSPS) is 24.2. The van der Waals surface area contributed by atoms with Gasteiger partial charge in [-0.15, -0.1) is 0 Å². The fourth-order valence-electron chi connectivity index (χ4n) is 3.16. The number of nitrogen functional groups attached to an aromatic ring is 1. The number of anilines is 1. The van der Waals surface area contributed by atoms with Gasteiger partial charge in [0.25, 0.3) is 5.56 Å². The predicted molar refractivity (Wildman–Crippen MR) is 111 cm³/mol. The lowest BCUT2D eigenvalue weighted by atomic mass is 10.0. The van der Waals surface area contributed by atoms with Crippen molar-refractivity contribution in [2.24, 2.45) is 5.92 Å². The van der Waals surface area contributed by atoms with Crippen LogP contribution in [0.1, 0.15) is 19.6 Å². The number of fused-ring (bicyclic) bond motifs is 1. The zero-order valence-electron chi connectivity index (χ0n) is 17.6. The van der Waals surface area contributed by atoms with Crippen LogP contribution in [0.3, 0.4) is 0 Å². The van der Waals surface area contributed by atoms with E-state index in [4.69, 9.17) is 25.0 Å². The Labute approximate surface area is 194 Å². The summed E-state index contributed by atoms with van der Waals surface area (Å²) >= 11 is 0. The first-order chi connectivity index (χ1) is 16.1. The first-order valence-corrected chi connectivity index (χ1v) is 13.9. The Kier molecular flexibility index (Phi) is 8.00. The Balaban J connectivity index is 1.77. The zero-order chi connectivity index (χ0) is 26.2. The number of hydrogen-bond donors (Lipinski definition) is 6. The van der Waals surface area contributed by atoms with Gasteiger partial charge in [-0.2, -0.15) is 13.6 Å². The lowest BCUT2D eigenvalue weighted by Gasteiger charge is -2.21. The van der Waals surface area contributed by atoms with Crippen molar-refractivity contribution in [3.8, 4) is 0 Å². The number of rotatable bonds is 10. The molecule has 1 aliphatic heterocycles. The monoisotopic (exact) mass is 563 g/mol. The summed E-state index contributed by atoms with van der Waals surface area (Å²) in [6, 6.07) is 0. The van der Waals surface area contributed by atoms with E-state index in [0.29, 0.717) is 0 Å². The topological polar surface area (TPSA) is 285 Å². The minimum atomic E-state index is -5.70. The number of esters is 1. The Morgan fingerprint density at radius 2 is 1.91 bits per heavy atom. The van der Waals surface area contributed by atoms with Gasteiger partial charge in [0, 0.05) is 19.3 Å². The number of aromatic nitrogens is 4. The second kappa shape index (κ2) is 10.2. The first-order valence-electron chi connectivity index (χ1n) is 9.35. The van der Waals surface area contributed by atoms with Crippen molar-refractivity contribution in [3.63, 3.8) is 0 Å². The highest BCUT2D eigenvalue weighted by atomic mass is 31.3. The summed E-state index contributed by atoms with van der Waals surface area (Å²) in [5.74, 6) is -1.48. The molecule has 0 spiro atoms. The molecule has 0 aliphatic carbocycles. The van der Waals surface area contributed by atoms with Crippen LogP contribution >= 0.6 is 23.5 Å². The third kappa shape index (κ3) is 7.49. The number of hydrogen-bond acceptors (Lipinski definition) is 13. The molecule has 2 unspecified atom stereocenters. The molecule has 2 aromatic heterocycles. The van der Waals surface area contributed by atoms with Gasteiger partial charge >= 0.3 is 29.4 Å². The van der Waals surface area contributed by atoms with E-state index in [1.54, 1.807) is 0 Å². The third-order valence-electron chi connectivity index (χ3n) is 4.44. The molecule has 0 saturated carbocycles. The van der Waals surface area contributed by atoms with Gasteiger partial charge in [-0.05, 0) is 0 Å². The van der Waals surface area contributed by atoms with Crippen LogP contribution in [-0.4, -0.2) is 64.4 Å². The smallest absolute Gasteiger partial charge is 0.465 e. The minimum Gasteiger partial charge on any atom is -0.465 e. The number of nitrogens with two attached hydrogens (primary N) is 1. The second-order valence-electron chi connectivity index (χ2n) is 7.09. The molecule has 22 heteroatoms. The SMILES string of the molecule is CC(=O)OC[C@H]1C[C@H](n2cnc3c(=O)[nH]c(N)nc32)O[C@@H]1COP(=O)(O)OP(=O)(O)OP(=O)(O)O. The lowest BCUT2D eigenvalue weighted by Crippen LogP contribution is -2.26. The number of nitrogens with one attached hydrogen (secondary N) is 1. The molecule has 35 heavy (non-hydrogen) atoms. The molecule has 196 valence electrons. The van der Waals surface area contributed by atoms with E-state index in [1.165, 1.54) is 10.9 Å². The van der Waals surface area contributed by atoms with Gasteiger partial charge in [-0.1, -0.05) is 0 Å². The van der Waals surface area contributed by atoms with Crippen LogP contribution in [0, 0.1) is 5.92 Å². The van der Waals surface area contributed by atoms with Crippen molar-refractivity contribution >= 4 is 46.5 Å². The van der Waals surface area contributed by atoms with Crippen LogP contribution in [0.15, 0.2) is 11.1 Å². The van der Waals surface area contributed by atoms with Gasteiger partial charge in [0.15, 0.2) is 11.2 Å². The number of nitrogens with zero attached hydrogens (tertiary/aromatic N) is 3. The van der Waals surface area contributed by atoms with E-state index in [1.807, 2.05) is 0 Å². The summed E-state index contributed by atoms with van der Waals surface area (Å²) in [6.45, 7) is 0.157. The number of aromatic amines is 1. The zero-order valence-corrected chi connectivity index (χ0v) is 20.2. The highest BCUT2D eigenvalue weighted by Crippen LogP contribution is 2.66. The Morgan fingerprint density at radius 1 is 1.23 bits per heavy atom. The highest BCUT2D eigenvalue weighted by Gasteiger charge is 2.43. The van der Waals surface area contributed by atoms with Gasteiger partial charge in [0.2, 0.25) is 5.95 Å². The molecule has 0 aromatic carbocycles. The number of carbonyl (C=O) groups is 1. The number of phosphoric ester groups is 1. The van der Waals surface area contributed by atoms with Gasteiger partial charge < -0.3 is 34.8 Å². The maximum Gasteiger partial charge on any atom is 0.490 e. The Hall–Kier alpha value is -2.01. The van der Waals surface area contributed by atoms with E-state index < -0.39 is 59.9 Å². The summed E-state index contributed by atoms with van der Waals surface area (Å²) in [7, 11) is -16.7. The van der Waals surface area contributed by atoms with Crippen LogP contribution < -0.4 is 11.3 Å².